The fraction of sp³-hybridized carbons (Fsp3) is 0.0513. The Kier molecular flexibility index (Phi) is 7.04. The predicted octanol–water partition coefficient (Wildman–Crippen LogP) is 8.76. The van der Waals surface area contributed by atoms with Crippen molar-refractivity contribution >= 4 is 23.1 Å². The van der Waals surface area contributed by atoms with Crippen LogP contribution in [0.5, 0.6) is 0 Å². The number of hydrogen-bond acceptors (Lipinski definition) is 4. The summed E-state index contributed by atoms with van der Waals surface area (Å²) < 4.78 is 9.85. The smallest absolute Gasteiger partial charge is 0.340 e. The first-order valence-corrected chi connectivity index (χ1v) is 15.4. The minimum absolute atomic E-state index is 0.0943. The Morgan fingerprint density at radius 2 is 1.35 bits per heavy atom. The van der Waals surface area contributed by atoms with Crippen LogP contribution in [0.1, 0.15) is 5.69 Å². The predicted molar refractivity (Wildman–Crippen MR) is 182 cm³/mol. The zero-order valence-corrected chi connectivity index (χ0v) is 25.3. The van der Waals surface area contributed by atoms with Gasteiger partial charge in [0.2, 0.25) is 0 Å². The highest BCUT2D eigenvalue weighted by atomic mass is 35.5. The third-order valence-electron chi connectivity index (χ3n) is 8.23. The summed E-state index contributed by atoms with van der Waals surface area (Å²) in [5, 5.41) is 5.66. The maximum absolute atomic E-state index is 13.6. The average Bonchev–Trinajstić information content (AvgIpc) is 3.72. The number of carbonyl (C=O) groups excluding carboxylic acids is 1. The lowest BCUT2D eigenvalue weighted by Crippen LogP contribution is -2.29. The molecule has 222 valence electrons. The highest BCUT2D eigenvalue weighted by molar-refractivity contribution is 6.30. The molecule has 0 saturated heterocycles. The number of ether oxygens (including phenoxy) is 1. The molecule has 1 aliphatic carbocycles. The molecule has 2 aliphatic rings. The number of esters is 1. The first-order valence-electron chi connectivity index (χ1n) is 15.1. The van der Waals surface area contributed by atoms with Crippen molar-refractivity contribution in [2.45, 2.75) is 6.10 Å². The Bertz CT molecular complexity index is 2140. The molecule has 6 aromatic rings. The SMILES string of the molecule is O=C1OC2C=CC=CC2C=C1c1nn(-c2ccccc2)cc1-c1nc(-c2ccccc2)c(-c2ccccc2)n1-c1ccc(Cl)cc1. The minimum Gasteiger partial charge on any atom is -0.454 e. The molecule has 2 unspecified atom stereocenters. The molecule has 6 nitrogen and oxygen atoms in total. The van der Waals surface area contributed by atoms with Gasteiger partial charge in [0, 0.05) is 34.0 Å². The van der Waals surface area contributed by atoms with E-state index in [2.05, 4.69) is 28.8 Å². The molecule has 0 radical (unpaired) electrons. The van der Waals surface area contributed by atoms with Crippen molar-refractivity contribution < 1.29 is 9.53 Å². The van der Waals surface area contributed by atoms with Crippen LogP contribution in [0, 0.1) is 5.92 Å². The molecule has 0 bridgehead atoms. The zero-order chi connectivity index (χ0) is 31.0. The van der Waals surface area contributed by atoms with Crippen LogP contribution in [0.15, 0.2) is 152 Å². The van der Waals surface area contributed by atoms with Gasteiger partial charge in [0.05, 0.1) is 28.2 Å². The molecule has 2 aromatic heterocycles. The van der Waals surface area contributed by atoms with Gasteiger partial charge in [-0.15, -0.1) is 0 Å². The lowest BCUT2D eigenvalue weighted by Gasteiger charge is -2.27. The van der Waals surface area contributed by atoms with Gasteiger partial charge in [-0.05, 0) is 42.5 Å². The van der Waals surface area contributed by atoms with Gasteiger partial charge >= 0.3 is 5.97 Å². The van der Waals surface area contributed by atoms with E-state index >= 15 is 0 Å². The van der Waals surface area contributed by atoms with Crippen molar-refractivity contribution in [2.75, 3.05) is 0 Å². The standard InChI is InChI=1S/C39H27ClN4O2/c40-29-20-22-31(23-21-29)44-37(27-14-6-2-7-15-27)35(26-12-4-1-5-13-26)41-38(44)33-25-43(30-17-8-3-9-18-30)42-36(33)32-24-28-16-10-11-19-34(28)46-39(32)45/h1-25,28,34H. The topological polar surface area (TPSA) is 61.9 Å². The summed E-state index contributed by atoms with van der Waals surface area (Å²) in [6, 6.07) is 37.9. The maximum atomic E-state index is 13.6. The van der Waals surface area contributed by atoms with Gasteiger partial charge in [0.1, 0.15) is 17.6 Å². The number of imidazole rings is 1. The molecular weight excluding hydrogens is 592 g/mol. The fourth-order valence-corrected chi connectivity index (χ4v) is 6.17. The average molecular weight is 619 g/mol. The number of nitrogens with zero attached hydrogens (tertiary/aromatic N) is 4. The maximum Gasteiger partial charge on any atom is 0.340 e. The third-order valence-corrected chi connectivity index (χ3v) is 8.49. The molecule has 3 heterocycles. The van der Waals surface area contributed by atoms with Crippen LogP contribution in [0.2, 0.25) is 5.02 Å². The summed E-state index contributed by atoms with van der Waals surface area (Å²) in [6.45, 7) is 0. The molecule has 0 saturated carbocycles. The summed E-state index contributed by atoms with van der Waals surface area (Å²) in [6.07, 6.45) is 11.4. The molecule has 0 spiro atoms. The molecule has 46 heavy (non-hydrogen) atoms. The number of aromatic nitrogens is 4. The Balaban J connectivity index is 1.45. The normalized spacial score (nSPS) is 17.0. The summed E-state index contributed by atoms with van der Waals surface area (Å²) in [4.78, 5) is 19.0. The van der Waals surface area contributed by atoms with Gasteiger partial charge < -0.3 is 4.74 Å². The second-order valence-electron chi connectivity index (χ2n) is 11.1. The Hall–Kier alpha value is -5.72. The van der Waals surface area contributed by atoms with Crippen molar-refractivity contribution in [3.05, 3.63) is 163 Å². The van der Waals surface area contributed by atoms with Gasteiger partial charge in [-0.3, -0.25) is 4.57 Å². The van der Waals surface area contributed by atoms with Crippen molar-refractivity contribution in [2.24, 2.45) is 5.92 Å². The summed E-state index contributed by atoms with van der Waals surface area (Å²) >= 11 is 6.38. The van der Waals surface area contributed by atoms with E-state index in [0.717, 1.165) is 33.9 Å². The monoisotopic (exact) mass is 618 g/mol. The highest BCUT2D eigenvalue weighted by Gasteiger charge is 2.34. The van der Waals surface area contributed by atoms with Gasteiger partial charge in [-0.2, -0.15) is 5.10 Å². The number of benzene rings is 4. The molecular formula is C39H27ClN4O2. The van der Waals surface area contributed by atoms with Gasteiger partial charge in [0.15, 0.2) is 0 Å². The molecule has 2 atom stereocenters. The molecule has 0 N–H and O–H groups in total. The number of rotatable bonds is 6. The Morgan fingerprint density at radius 1 is 0.696 bits per heavy atom. The van der Waals surface area contributed by atoms with Crippen LogP contribution in [0.3, 0.4) is 0 Å². The lowest BCUT2D eigenvalue weighted by atomic mass is 9.91. The van der Waals surface area contributed by atoms with Crippen molar-refractivity contribution in [1.29, 1.82) is 0 Å². The molecule has 4 aromatic carbocycles. The number of hydrogen-bond donors (Lipinski definition) is 0. The summed E-state index contributed by atoms with van der Waals surface area (Å²) in [5.41, 5.74) is 6.97. The lowest BCUT2D eigenvalue weighted by molar-refractivity contribution is -0.141. The van der Waals surface area contributed by atoms with Crippen LogP contribution >= 0.6 is 11.6 Å². The second-order valence-corrected chi connectivity index (χ2v) is 11.6. The number of allylic oxidation sites excluding steroid dienone is 2. The van der Waals surface area contributed by atoms with Gasteiger partial charge in [-0.1, -0.05) is 115 Å². The van der Waals surface area contributed by atoms with Gasteiger partial charge in [-0.25, -0.2) is 14.5 Å². The van der Waals surface area contributed by atoms with E-state index in [1.165, 1.54) is 0 Å². The van der Waals surface area contributed by atoms with E-state index in [1.54, 1.807) is 4.68 Å². The van der Waals surface area contributed by atoms with Crippen molar-refractivity contribution in [3.63, 3.8) is 0 Å². The summed E-state index contributed by atoms with van der Waals surface area (Å²) in [5.74, 6) is 0.118. The molecule has 0 fully saturated rings. The highest BCUT2D eigenvalue weighted by Crippen LogP contribution is 2.42. The van der Waals surface area contributed by atoms with Crippen LogP contribution in [-0.2, 0) is 9.53 Å². The number of carbonyl (C=O) groups is 1. The van der Waals surface area contributed by atoms with Crippen LogP contribution in [0.4, 0.5) is 0 Å². The Morgan fingerprint density at radius 3 is 2.07 bits per heavy atom. The molecule has 1 aliphatic heterocycles. The Labute approximate surface area is 271 Å². The minimum atomic E-state index is -0.420. The van der Waals surface area contributed by atoms with Crippen LogP contribution in [0.25, 0.3) is 50.9 Å². The first-order chi connectivity index (χ1) is 22.6. The zero-order valence-electron chi connectivity index (χ0n) is 24.6. The number of halogens is 1. The molecule has 0 amide bonds. The number of fused-ring (bicyclic) bond motifs is 1. The van der Waals surface area contributed by atoms with Crippen LogP contribution in [-0.4, -0.2) is 31.4 Å². The van der Waals surface area contributed by atoms with E-state index in [4.69, 9.17) is 26.4 Å². The van der Waals surface area contributed by atoms with Gasteiger partial charge in [0.25, 0.3) is 0 Å². The third kappa shape index (κ3) is 4.99. The fourth-order valence-electron chi connectivity index (χ4n) is 6.05. The largest absolute Gasteiger partial charge is 0.454 e. The van der Waals surface area contributed by atoms with E-state index < -0.39 is 5.97 Å². The quantitative estimate of drug-likeness (QED) is 0.175. The van der Waals surface area contributed by atoms with E-state index in [0.29, 0.717) is 27.7 Å². The summed E-state index contributed by atoms with van der Waals surface area (Å²) in [7, 11) is 0. The van der Waals surface area contributed by atoms with E-state index in [-0.39, 0.29) is 12.0 Å². The van der Waals surface area contributed by atoms with Crippen molar-refractivity contribution in [3.8, 4) is 45.3 Å². The van der Waals surface area contributed by atoms with E-state index in [1.807, 2.05) is 128 Å². The molecule has 7 heteroatoms. The van der Waals surface area contributed by atoms with E-state index in [9.17, 15) is 4.79 Å². The van der Waals surface area contributed by atoms with Crippen LogP contribution < -0.4 is 0 Å². The van der Waals surface area contributed by atoms with Crippen molar-refractivity contribution in [1.82, 2.24) is 19.3 Å². The first kappa shape index (κ1) is 27.8. The number of para-hydroxylation sites is 1. The molecule has 8 rings (SSSR count). The second kappa shape index (κ2) is 11.7.